The normalized spacial score (nSPS) is 12.1. The molecular formula is C14H21Br2NO3S. The molecule has 0 saturated carbocycles. The van der Waals surface area contributed by atoms with E-state index in [4.69, 9.17) is 4.74 Å². The molecular weight excluding hydrogens is 422 g/mol. The summed E-state index contributed by atoms with van der Waals surface area (Å²) in [6.45, 7) is 7.44. The second-order valence-corrected chi connectivity index (χ2v) is 8.67. The lowest BCUT2D eigenvalue weighted by Gasteiger charge is -2.11. The summed E-state index contributed by atoms with van der Waals surface area (Å²) in [4.78, 5) is 0.224. The first-order chi connectivity index (χ1) is 9.74. The third-order valence-electron chi connectivity index (χ3n) is 2.88. The molecule has 0 radical (unpaired) electrons. The first-order valence-corrected chi connectivity index (χ1v) is 9.84. The first-order valence-electron chi connectivity index (χ1n) is 6.77. The monoisotopic (exact) mass is 441 g/mol. The Labute approximate surface area is 144 Å². The molecule has 0 aliphatic carbocycles. The molecule has 0 fully saturated rings. The van der Waals surface area contributed by atoms with Crippen LogP contribution in [0.2, 0.25) is 0 Å². The molecule has 0 heterocycles. The van der Waals surface area contributed by atoms with Gasteiger partial charge in [-0.1, -0.05) is 29.8 Å². The maximum atomic E-state index is 12.2. The lowest BCUT2D eigenvalue weighted by molar-refractivity contribution is 0.128. The van der Waals surface area contributed by atoms with E-state index in [1.807, 2.05) is 6.92 Å². The van der Waals surface area contributed by atoms with Gasteiger partial charge in [-0.3, -0.25) is 0 Å². The summed E-state index contributed by atoms with van der Waals surface area (Å²) in [6.07, 6.45) is 0.975. The van der Waals surface area contributed by atoms with Gasteiger partial charge in [0.2, 0.25) is 10.0 Å². The molecule has 21 heavy (non-hydrogen) atoms. The number of halogens is 2. The van der Waals surface area contributed by atoms with Crippen LogP contribution in [-0.2, 0) is 14.8 Å². The number of hydrogen-bond donors (Lipinski definition) is 1. The Morgan fingerprint density at radius 2 is 1.86 bits per heavy atom. The lowest BCUT2D eigenvalue weighted by atomic mass is 10.1. The van der Waals surface area contributed by atoms with Crippen molar-refractivity contribution >= 4 is 41.9 Å². The second kappa shape index (κ2) is 8.62. The quantitative estimate of drug-likeness (QED) is 0.621. The average Bonchev–Trinajstić information content (AvgIpc) is 2.37. The summed E-state index contributed by atoms with van der Waals surface area (Å²) < 4.78 is 33.7. The molecule has 0 aromatic heterocycles. The number of benzene rings is 1. The molecule has 0 saturated heterocycles. The molecule has 0 spiro atoms. The van der Waals surface area contributed by atoms with Crippen molar-refractivity contribution in [2.75, 3.05) is 19.8 Å². The van der Waals surface area contributed by atoms with E-state index >= 15 is 0 Å². The Hall–Kier alpha value is 0.0500. The number of aryl methyl sites for hydroxylation is 1. The highest BCUT2D eigenvalue weighted by Gasteiger charge is 2.18. The van der Waals surface area contributed by atoms with Crippen molar-refractivity contribution in [2.45, 2.75) is 32.1 Å². The van der Waals surface area contributed by atoms with Gasteiger partial charge in [0, 0.05) is 22.1 Å². The molecule has 0 bridgehead atoms. The van der Waals surface area contributed by atoms with Crippen LogP contribution < -0.4 is 4.72 Å². The maximum absolute atomic E-state index is 12.2. The van der Waals surface area contributed by atoms with E-state index in [9.17, 15) is 8.42 Å². The molecule has 1 N–H and O–H groups in total. The summed E-state index contributed by atoms with van der Waals surface area (Å²) in [7, 11) is -3.54. The Morgan fingerprint density at radius 1 is 1.19 bits per heavy atom. The average molecular weight is 443 g/mol. The third-order valence-corrected chi connectivity index (χ3v) is 6.15. The van der Waals surface area contributed by atoms with Gasteiger partial charge in [0.05, 0.1) is 11.5 Å². The molecule has 1 aromatic rings. The second-order valence-electron chi connectivity index (χ2n) is 5.22. The Kier molecular flexibility index (Phi) is 7.84. The van der Waals surface area contributed by atoms with Gasteiger partial charge < -0.3 is 4.74 Å². The molecule has 0 unspecified atom stereocenters. The molecule has 0 aliphatic heterocycles. The summed E-state index contributed by atoms with van der Waals surface area (Å²) >= 11 is 6.65. The van der Waals surface area contributed by atoms with Crippen molar-refractivity contribution < 1.29 is 13.2 Å². The Bertz CT molecular complexity index is 574. The van der Waals surface area contributed by atoms with Crippen LogP contribution in [0.5, 0.6) is 0 Å². The van der Waals surface area contributed by atoms with Crippen LogP contribution in [-0.4, -0.2) is 28.2 Å². The van der Waals surface area contributed by atoms with Crippen molar-refractivity contribution in [3.8, 4) is 0 Å². The zero-order chi connectivity index (χ0) is 16.0. The molecule has 120 valence electrons. The molecule has 0 amide bonds. The SMILES string of the molecule is Cc1cc(Br)c(S(=O)(=O)NCCOCCC(C)C)cc1Br. The smallest absolute Gasteiger partial charge is 0.241 e. The summed E-state index contributed by atoms with van der Waals surface area (Å²) in [6, 6.07) is 3.37. The molecule has 4 nitrogen and oxygen atoms in total. The fourth-order valence-corrected chi connectivity index (χ4v) is 4.27. The van der Waals surface area contributed by atoms with E-state index in [1.54, 1.807) is 12.1 Å². The van der Waals surface area contributed by atoms with Crippen molar-refractivity contribution in [3.05, 3.63) is 26.6 Å². The number of nitrogens with one attached hydrogen (secondary N) is 1. The minimum atomic E-state index is -3.54. The van der Waals surface area contributed by atoms with Gasteiger partial charge in [0.25, 0.3) is 0 Å². The van der Waals surface area contributed by atoms with E-state index in [0.29, 0.717) is 23.6 Å². The largest absolute Gasteiger partial charge is 0.380 e. The zero-order valence-corrected chi connectivity index (χ0v) is 16.4. The van der Waals surface area contributed by atoms with Crippen LogP contribution in [0.15, 0.2) is 26.0 Å². The topological polar surface area (TPSA) is 55.4 Å². The molecule has 0 atom stereocenters. The highest BCUT2D eigenvalue weighted by atomic mass is 79.9. The fourth-order valence-electron chi connectivity index (χ4n) is 1.58. The molecule has 1 aromatic carbocycles. The molecule has 1 rings (SSSR count). The fraction of sp³-hybridized carbons (Fsp3) is 0.571. The van der Waals surface area contributed by atoms with E-state index in [0.717, 1.165) is 16.5 Å². The van der Waals surface area contributed by atoms with Gasteiger partial charge in [0.1, 0.15) is 0 Å². The van der Waals surface area contributed by atoms with Crippen molar-refractivity contribution in [2.24, 2.45) is 5.92 Å². The van der Waals surface area contributed by atoms with Gasteiger partial charge in [-0.15, -0.1) is 0 Å². The van der Waals surface area contributed by atoms with Crippen LogP contribution in [0.25, 0.3) is 0 Å². The zero-order valence-electron chi connectivity index (χ0n) is 12.4. The van der Waals surface area contributed by atoms with Gasteiger partial charge in [-0.2, -0.15) is 0 Å². The third kappa shape index (κ3) is 6.36. The predicted molar refractivity (Wildman–Crippen MR) is 92.0 cm³/mol. The number of hydrogen-bond acceptors (Lipinski definition) is 3. The van der Waals surface area contributed by atoms with E-state index < -0.39 is 10.0 Å². The highest BCUT2D eigenvalue weighted by Crippen LogP contribution is 2.28. The van der Waals surface area contributed by atoms with Gasteiger partial charge >= 0.3 is 0 Å². The van der Waals surface area contributed by atoms with Crippen LogP contribution in [0.4, 0.5) is 0 Å². The predicted octanol–water partition coefficient (Wildman–Crippen LogP) is 3.86. The standard InChI is InChI=1S/C14H21Br2NO3S/c1-10(2)4-6-20-7-5-17-21(18,19)14-9-12(15)11(3)8-13(14)16/h8-10,17H,4-7H2,1-3H3. The molecule has 7 heteroatoms. The number of rotatable bonds is 8. The van der Waals surface area contributed by atoms with E-state index in [-0.39, 0.29) is 11.4 Å². The lowest BCUT2D eigenvalue weighted by Crippen LogP contribution is -2.28. The molecule has 0 aliphatic rings. The first kappa shape index (κ1) is 19.1. The number of sulfonamides is 1. The van der Waals surface area contributed by atoms with Crippen LogP contribution in [0, 0.1) is 12.8 Å². The van der Waals surface area contributed by atoms with E-state index in [1.165, 1.54) is 0 Å². The summed E-state index contributed by atoms with van der Waals surface area (Å²) in [5.41, 5.74) is 0.970. The summed E-state index contributed by atoms with van der Waals surface area (Å²) in [5.74, 6) is 0.586. The van der Waals surface area contributed by atoms with Crippen LogP contribution in [0.1, 0.15) is 25.8 Å². The summed E-state index contributed by atoms with van der Waals surface area (Å²) in [5, 5.41) is 0. The van der Waals surface area contributed by atoms with Gasteiger partial charge in [-0.05, 0) is 52.9 Å². The van der Waals surface area contributed by atoms with Crippen molar-refractivity contribution in [1.82, 2.24) is 4.72 Å². The van der Waals surface area contributed by atoms with Gasteiger partial charge in [-0.25, -0.2) is 13.1 Å². The van der Waals surface area contributed by atoms with Crippen LogP contribution >= 0.6 is 31.9 Å². The highest BCUT2D eigenvalue weighted by molar-refractivity contribution is 9.11. The number of ether oxygens (including phenoxy) is 1. The van der Waals surface area contributed by atoms with Crippen molar-refractivity contribution in [1.29, 1.82) is 0 Å². The van der Waals surface area contributed by atoms with Crippen molar-refractivity contribution in [3.63, 3.8) is 0 Å². The van der Waals surface area contributed by atoms with E-state index in [2.05, 4.69) is 50.4 Å². The van der Waals surface area contributed by atoms with Gasteiger partial charge in [0.15, 0.2) is 0 Å². The Balaban J connectivity index is 2.56. The van der Waals surface area contributed by atoms with Crippen LogP contribution in [0.3, 0.4) is 0 Å². The minimum Gasteiger partial charge on any atom is -0.380 e. The maximum Gasteiger partial charge on any atom is 0.241 e. The Morgan fingerprint density at radius 3 is 2.48 bits per heavy atom. The minimum absolute atomic E-state index is 0.224.